The minimum absolute atomic E-state index is 0.0534. The third-order valence-electron chi connectivity index (χ3n) is 5.50. The second-order valence-corrected chi connectivity index (χ2v) is 7.89. The van der Waals surface area contributed by atoms with Crippen molar-refractivity contribution in [3.05, 3.63) is 53.4 Å². The normalized spacial score (nSPS) is 16.0. The molecule has 4 rings (SSSR count). The number of pyridine rings is 1. The Bertz CT molecular complexity index is 1230. The monoisotopic (exact) mass is 483 g/mol. The lowest BCUT2D eigenvalue weighted by molar-refractivity contribution is -0.137. The zero-order valence-corrected chi connectivity index (χ0v) is 17.5. The van der Waals surface area contributed by atoms with Gasteiger partial charge in [0.2, 0.25) is 0 Å². The first-order valence-corrected chi connectivity index (χ1v) is 10.2. The van der Waals surface area contributed by atoms with Crippen LogP contribution in [0.25, 0.3) is 22.2 Å². The summed E-state index contributed by atoms with van der Waals surface area (Å²) >= 11 is 0. The summed E-state index contributed by atoms with van der Waals surface area (Å²) in [5.74, 6) is -3.21. The van der Waals surface area contributed by atoms with Crippen LogP contribution in [-0.2, 0) is 12.7 Å². The van der Waals surface area contributed by atoms with Crippen molar-refractivity contribution in [2.75, 3.05) is 13.1 Å². The molecule has 2 amide bonds. The third-order valence-corrected chi connectivity index (χ3v) is 5.50. The van der Waals surface area contributed by atoms with E-state index in [1.54, 1.807) is 0 Å². The van der Waals surface area contributed by atoms with Crippen molar-refractivity contribution < 1.29 is 41.1 Å². The number of rotatable bonds is 4. The zero-order chi connectivity index (χ0) is 24.7. The van der Waals surface area contributed by atoms with Crippen molar-refractivity contribution in [1.82, 2.24) is 15.2 Å². The Labute approximate surface area is 189 Å². The number of aromatic nitrogens is 1. The minimum atomic E-state index is -4.75. The molecular weight excluding hydrogens is 465 g/mol. The molecule has 3 heterocycles. The summed E-state index contributed by atoms with van der Waals surface area (Å²) in [6.45, 7) is -0.470. The van der Waals surface area contributed by atoms with E-state index in [0.29, 0.717) is 5.39 Å². The summed E-state index contributed by atoms with van der Waals surface area (Å²) in [5, 5.41) is 11.1. The molecule has 0 saturated carbocycles. The molecule has 2 N–H and O–H groups in total. The molecule has 2 aromatic heterocycles. The number of carboxylic acid groups (broad SMARTS) is 1. The highest BCUT2D eigenvalue weighted by Crippen LogP contribution is 2.39. The molecule has 0 unspecified atom stereocenters. The molecule has 1 fully saturated rings. The van der Waals surface area contributed by atoms with Gasteiger partial charge in [0, 0.05) is 43.1 Å². The fraction of sp³-hybridized carbons (Fsp3) is 0.318. The largest absolute Gasteiger partial charge is 0.465 e. The third kappa shape index (κ3) is 4.95. The van der Waals surface area contributed by atoms with Gasteiger partial charge in [-0.05, 0) is 30.3 Å². The summed E-state index contributed by atoms with van der Waals surface area (Å²) in [5.41, 5.74) is -1.32. The van der Waals surface area contributed by atoms with E-state index < -0.39 is 42.5 Å². The maximum atomic E-state index is 13.8. The summed E-state index contributed by atoms with van der Waals surface area (Å²) in [4.78, 5) is 28.5. The van der Waals surface area contributed by atoms with Gasteiger partial charge in [-0.25, -0.2) is 13.6 Å². The van der Waals surface area contributed by atoms with Crippen molar-refractivity contribution in [3.63, 3.8) is 0 Å². The molecule has 180 valence electrons. The van der Waals surface area contributed by atoms with Gasteiger partial charge in [-0.15, -0.1) is 0 Å². The Kier molecular flexibility index (Phi) is 5.92. The average molecular weight is 483 g/mol. The Hall–Kier alpha value is -3.70. The molecule has 0 bridgehead atoms. The van der Waals surface area contributed by atoms with Gasteiger partial charge in [0.05, 0.1) is 23.4 Å². The molecule has 1 saturated heterocycles. The number of nitrogens with one attached hydrogen (secondary N) is 1. The van der Waals surface area contributed by atoms with Gasteiger partial charge in [0.15, 0.2) is 0 Å². The highest BCUT2D eigenvalue weighted by molar-refractivity contribution is 5.94. The van der Waals surface area contributed by atoms with Gasteiger partial charge >= 0.3 is 12.3 Å². The van der Waals surface area contributed by atoms with Crippen LogP contribution >= 0.6 is 0 Å². The number of furan rings is 1. The average Bonchev–Trinajstić information content (AvgIpc) is 3.18. The minimum Gasteiger partial charge on any atom is -0.465 e. The second-order valence-electron chi connectivity index (χ2n) is 7.89. The lowest BCUT2D eigenvalue weighted by Crippen LogP contribution is -2.42. The SMILES string of the molecule is O=C(O)NCc1cc2cc(-c3ccc(C(=O)N4CCC(F)(F)CC4)cn3)c(C(F)(F)F)cc2o1. The number of carbonyl (C=O) groups excluding carboxylic acids is 1. The summed E-state index contributed by atoms with van der Waals surface area (Å²) in [6.07, 6.45) is -5.84. The quantitative estimate of drug-likeness (QED) is 0.501. The van der Waals surface area contributed by atoms with E-state index in [0.717, 1.165) is 12.3 Å². The number of hydrogen-bond donors (Lipinski definition) is 2. The zero-order valence-electron chi connectivity index (χ0n) is 17.5. The number of fused-ring (bicyclic) bond motifs is 1. The molecule has 0 aliphatic carbocycles. The molecule has 12 heteroatoms. The van der Waals surface area contributed by atoms with Crippen molar-refractivity contribution in [2.24, 2.45) is 0 Å². The van der Waals surface area contributed by atoms with Crippen LogP contribution in [-0.4, -0.2) is 46.0 Å². The molecular formula is C22H18F5N3O4. The molecule has 3 aromatic rings. The first-order valence-electron chi connectivity index (χ1n) is 10.2. The van der Waals surface area contributed by atoms with Crippen LogP contribution in [0.3, 0.4) is 0 Å². The highest BCUT2D eigenvalue weighted by atomic mass is 19.4. The van der Waals surface area contributed by atoms with Crippen LogP contribution in [0, 0.1) is 0 Å². The van der Waals surface area contributed by atoms with Gasteiger partial charge in [0.1, 0.15) is 11.3 Å². The van der Waals surface area contributed by atoms with Gasteiger partial charge in [-0.2, -0.15) is 13.2 Å². The van der Waals surface area contributed by atoms with Crippen LogP contribution in [0.2, 0.25) is 0 Å². The molecule has 0 atom stereocenters. The first-order chi connectivity index (χ1) is 15.9. The lowest BCUT2D eigenvalue weighted by atomic mass is 10.0. The number of piperidine rings is 1. The van der Waals surface area contributed by atoms with Crippen LogP contribution in [0.5, 0.6) is 0 Å². The number of carbonyl (C=O) groups is 2. The molecule has 0 radical (unpaired) electrons. The number of nitrogens with zero attached hydrogens (tertiary/aromatic N) is 2. The summed E-state index contributed by atoms with van der Waals surface area (Å²) in [7, 11) is 0. The number of alkyl halides is 5. The van der Waals surface area contributed by atoms with Crippen molar-refractivity contribution in [3.8, 4) is 11.3 Å². The fourth-order valence-electron chi connectivity index (χ4n) is 3.74. The van der Waals surface area contributed by atoms with Crippen LogP contribution in [0.15, 0.2) is 40.9 Å². The number of amides is 2. The van der Waals surface area contributed by atoms with E-state index >= 15 is 0 Å². The number of benzene rings is 1. The smallest absolute Gasteiger partial charge is 0.417 e. The van der Waals surface area contributed by atoms with E-state index in [9.17, 15) is 31.5 Å². The second kappa shape index (κ2) is 8.58. The Balaban J connectivity index is 1.64. The molecule has 1 aromatic carbocycles. The first kappa shape index (κ1) is 23.5. The lowest BCUT2D eigenvalue weighted by Gasteiger charge is -2.31. The maximum Gasteiger partial charge on any atom is 0.417 e. The molecule has 1 aliphatic heterocycles. The molecule has 1 aliphatic rings. The van der Waals surface area contributed by atoms with E-state index in [1.807, 2.05) is 0 Å². The predicted octanol–water partition coefficient (Wildman–Crippen LogP) is 5.15. The Morgan fingerprint density at radius 3 is 2.44 bits per heavy atom. The number of hydrogen-bond acceptors (Lipinski definition) is 4. The topological polar surface area (TPSA) is 95.7 Å². The molecule has 0 spiro atoms. The molecule has 7 nitrogen and oxygen atoms in total. The van der Waals surface area contributed by atoms with Crippen molar-refractivity contribution in [2.45, 2.75) is 31.5 Å². The van der Waals surface area contributed by atoms with Gasteiger partial charge in [0.25, 0.3) is 11.8 Å². The Morgan fingerprint density at radius 1 is 1.15 bits per heavy atom. The Morgan fingerprint density at radius 2 is 1.85 bits per heavy atom. The maximum absolute atomic E-state index is 13.8. The van der Waals surface area contributed by atoms with Crippen LogP contribution in [0.4, 0.5) is 26.7 Å². The van der Waals surface area contributed by atoms with Crippen molar-refractivity contribution >= 4 is 23.0 Å². The standard InChI is InChI=1S/C22H18F5N3O4/c23-21(24)3-5-30(6-4-21)19(31)12-1-2-17(28-10-12)15-8-13-7-14(11-29-20(32)33)34-18(13)9-16(15)22(25,26)27/h1-2,7-10,29H,3-6,11H2,(H,32,33). The number of halogens is 5. The van der Waals surface area contributed by atoms with E-state index in [4.69, 9.17) is 9.52 Å². The van der Waals surface area contributed by atoms with E-state index in [-0.39, 0.29) is 47.8 Å². The van der Waals surface area contributed by atoms with Crippen LogP contribution in [0.1, 0.15) is 34.5 Å². The van der Waals surface area contributed by atoms with Crippen LogP contribution < -0.4 is 5.32 Å². The van der Waals surface area contributed by atoms with E-state index in [1.165, 1.54) is 29.2 Å². The number of likely N-dealkylation sites (tertiary alicyclic amines) is 1. The van der Waals surface area contributed by atoms with E-state index in [2.05, 4.69) is 10.3 Å². The highest BCUT2D eigenvalue weighted by Gasteiger charge is 2.37. The predicted molar refractivity (Wildman–Crippen MR) is 109 cm³/mol. The fourth-order valence-corrected chi connectivity index (χ4v) is 3.74. The summed E-state index contributed by atoms with van der Waals surface area (Å²) in [6, 6.07) is 6.01. The van der Waals surface area contributed by atoms with Gasteiger partial charge in [-0.1, -0.05) is 0 Å². The van der Waals surface area contributed by atoms with Gasteiger partial charge in [-0.3, -0.25) is 9.78 Å². The molecule has 34 heavy (non-hydrogen) atoms. The summed E-state index contributed by atoms with van der Waals surface area (Å²) < 4.78 is 73.3. The van der Waals surface area contributed by atoms with Crippen molar-refractivity contribution in [1.29, 1.82) is 0 Å². The van der Waals surface area contributed by atoms with Gasteiger partial charge < -0.3 is 19.7 Å².